The van der Waals surface area contributed by atoms with Crippen molar-refractivity contribution in [1.82, 2.24) is 4.90 Å². The molecule has 0 spiro atoms. The Bertz CT molecular complexity index is 703. The van der Waals surface area contributed by atoms with E-state index in [9.17, 15) is 14.9 Å². The molecule has 1 aliphatic heterocycles. The van der Waals surface area contributed by atoms with Crippen LogP contribution in [0.15, 0.2) is 29.3 Å². The number of amidine groups is 1. The molecule has 2 fully saturated rings. The molecule has 1 heterocycles. The van der Waals surface area contributed by atoms with E-state index in [-0.39, 0.29) is 17.6 Å². The monoisotopic (exact) mass is 376 g/mol. The fourth-order valence-electron chi connectivity index (χ4n) is 3.35. The first kappa shape index (κ1) is 18.7. The highest BCUT2D eigenvalue weighted by Crippen LogP contribution is 2.28. The van der Waals surface area contributed by atoms with Gasteiger partial charge < -0.3 is 10.2 Å². The van der Waals surface area contributed by atoms with E-state index < -0.39 is 4.92 Å². The average Bonchev–Trinajstić information content (AvgIpc) is 2.96. The van der Waals surface area contributed by atoms with Gasteiger partial charge in [-0.3, -0.25) is 19.9 Å². The summed E-state index contributed by atoms with van der Waals surface area (Å²) in [4.78, 5) is 29.7. The fraction of sp³-hybridized carbons (Fsp3) is 0.556. The molecule has 1 aromatic rings. The summed E-state index contributed by atoms with van der Waals surface area (Å²) in [6, 6.07) is 6.53. The van der Waals surface area contributed by atoms with Crippen molar-refractivity contribution in [3.8, 4) is 0 Å². The number of nitro benzene ring substituents is 1. The van der Waals surface area contributed by atoms with Crippen molar-refractivity contribution in [2.24, 2.45) is 4.99 Å². The smallest absolute Gasteiger partial charge is 0.271 e. The number of aliphatic imine (C=N–C) groups is 1. The first-order chi connectivity index (χ1) is 12.5. The molecule has 0 bridgehead atoms. The predicted molar refractivity (Wildman–Crippen MR) is 105 cm³/mol. The molecule has 1 atom stereocenters. The van der Waals surface area contributed by atoms with E-state index in [1.165, 1.54) is 31.4 Å². The molecule has 140 valence electrons. The molecule has 1 saturated heterocycles. The third-order valence-electron chi connectivity index (χ3n) is 4.88. The van der Waals surface area contributed by atoms with Gasteiger partial charge in [-0.05, 0) is 18.9 Å². The van der Waals surface area contributed by atoms with Gasteiger partial charge in [0.25, 0.3) is 5.69 Å². The van der Waals surface area contributed by atoms with Gasteiger partial charge in [0.15, 0.2) is 5.17 Å². The summed E-state index contributed by atoms with van der Waals surface area (Å²) >= 11 is 1.71. The maximum Gasteiger partial charge on any atom is 0.271 e. The van der Waals surface area contributed by atoms with E-state index in [4.69, 9.17) is 4.99 Å². The standard InChI is InChI=1S/C18H24N4O3S/c1-21-16(12-26-18(21)20-13-6-3-2-4-7-13)11-17(23)19-14-8-5-9-15(10-14)22(24)25/h5,8-10,13,16H,2-4,6-7,11-12H2,1H3,(H,19,23). The number of amides is 1. The average molecular weight is 376 g/mol. The summed E-state index contributed by atoms with van der Waals surface area (Å²) in [7, 11) is 1.99. The number of carbonyl (C=O) groups excluding carboxylic acids is 1. The van der Waals surface area contributed by atoms with Crippen molar-refractivity contribution in [3.05, 3.63) is 34.4 Å². The van der Waals surface area contributed by atoms with Crippen LogP contribution in [0.2, 0.25) is 0 Å². The van der Waals surface area contributed by atoms with Crippen LogP contribution in [0.1, 0.15) is 38.5 Å². The highest BCUT2D eigenvalue weighted by atomic mass is 32.2. The minimum absolute atomic E-state index is 0.0294. The van der Waals surface area contributed by atoms with Crippen molar-refractivity contribution in [3.63, 3.8) is 0 Å². The number of rotatable bonds is 5. The highest BCUT2D eigenvalue weighted by molar-refractivity contribution is 8.14. The van der Waals surface area contributed by atoms with E-state index in [1.54, 1.807) is 23.9 Å². The third-order valence-corrected chi connectivity index (χ3v) is 6.09. The summed E-state index contributed by atoms with van der Waals surface area (Å²) in [6.07, 6.45) is 6.49. The Morgan fingerprint density at radius 1 is 1.38 bits per heavy atom. The van der Waals surface area contributed by atoms with Crippen LogP contribution in [-0.2, 0) is 4.79 Å². The van der Waals surface area contributed by atoms with Gasteiger partial charge in [0.1, 0.15) is 0 Å². The molecule has 0 aromatic heterocycles. The lowest BCUT2D eigenvalue weighted by atomic mass is 9.96. The number of nitrogens with zero attached hydrogens (tertiary/aromatic N) is 3. The number of non-ortho nitro benzene ring substituents is 1. The molecule has 1 aromatic carbocycles. The zero-order valence-corrected chi connectivity index (χ0v) is 15.7. The zero-order chi connectivity index (χ0) is 18.5. The predicted octanol–water partition coefficient (Wildman–Crippen LogP) is 3.66. The molecule has 1 N–H and O–H groups in total. The lowest BCUT2D eigenvalue weighted by Crippen LogP contribution is -2.34. The van der Waals surface area contributed by atoms with Crippen molar-refractivity contribution in [2.45, 2.75) is 50.6 Å². The minimum Gasteiger partial charge on any atom is -0.350 e. The maximum absolute atomic E-state index is 12.3. The lowest BCUT2D eigenvalue weighted by molar-refractivity contribution is -0.384. The van der Waals surface area contributed by atoms with Gasteiger partial charge in [-0.25, -0.2) is 0 Å². The van der Waals surface area contributed by atoms with E-state index in [2.05, 4.69) is 10.2 Å². The molecule has 1 saturated carbocycles. The van der Waals surface area contributed by atoms with Crippen LogP contribution in [0, 0.1) is 10.1 Å². The molecule has 26 heavy (non-hydrogen) atoms. The van der Waals surface area contributed by atoms with Crippen molar-refractivity contribution in [2.75, 3.05) is 18.1 Å². The summed E-state index contributed by atoms with van der Waals surface area (Å²) in [5, 5.41) is 14.6. The highest BCUT2D eigenvalue weighted by Gasteiger charge is 2.30. The van der Waals surface area contributed by atoms with E-state index in [0.717, 1.165) is 23.8 Å². The SMILES string of the molecule is CN1C(=NC2CCCCC2)SCC1CC(=O)Nc1cccc([N+](=O)[O-])c1. The quantitative estimate of drug-likeness (QED) is 0.626. The Balaban J connectivity index is 1.55. The van der Waals surface area contributed by atoms with Gasteiger partial charge in [0.2, 0.25) is 5.91 Å². The second-order valence-corrected chi connectivity index (χ2v) is 7.83. The summed E-state index contributed by atoms with van der Waals surface area (Å²) < 4.78 is 0. The molecule has 3 rings (SSSR count). The van der Waals surface area contributed by atoms with Gasteiger partial charge >= 0.3 is 0 Å². The molecule has 8 heteroatoms. The summed E-state index contributed by atoms with van der Waals surface area (Å²) in [5.41, 5.74) is 0.423. The van der Waals surface area contributed by atoms with Gasteiger partial charge in [-0.2, -0.15) is 0 Å². The molecular formula is C18H24N4O3S. The van der Waals surface area contributed by atoms with Crippen LogP contribution in [0.3, 0.4) is 0 Å². The first-order valence-electron chi connectivity index (χ1n) is 9.00. The van der Waals surface area contributed by atoms with Crippen LogP contribution >= 0.6 is 11.8 Å². The zero-order valence-electron chi connectivity index (χ0n) is 14.9. The van der Waals surface area contributed by atoms with Gasteiger partial charge in [0.05, 0.1) is 11.0 Å². The minimum atomic E-state index is -0.467. The first-order valence-corrected chi connectivity index (χ1v) is 9.99. The number of hydrogen-bond acceptors (Lipinski definition) is 5. The van der Waals surface area contributed by atoms with Crippen molar-refractivity contribution < 1.29 is 9.72 Å². The summed E-state index contributed by atoms with van der Waals surface area (Å²) in [6.45, 7) is 0. The topological polar surface area (TPSA) is 87.8 Å². The van der Waals surface area contributed by atoms with E-state index in [1.807, 2.05) is 7.05 Å². The molecule has 7 nitrogen and oxygen atoms in total. The number of thioether (sulfide) groups is 1. The van der Waals surface area contributed by atoms with Crippen LogP contribution in [-0.4, -0.2) is 45.8 Å². The van der Waals surface area contributed by atoms with Crippen LogP contribution in [0.5, 0.6) is 0 Å². The Kier molecular flexibility index (Phi) is 6.13. The van der Waals surface area contributed by atoms with Crippen molar-refractivity contribution in [1.29, 1.82) is 0 Å². The Labute approximate surface area is 157 Å². The van der Waals surface area contributed by atoms with Gasteiger partial charge in [-0.1, -0.05) is 37.1 Å². The lowest BCUT2D eigenvalue weighted by Gasteiger charge is -2.23. The molecule has 1 unspecified atom stereocenters. The van der Waals surface area contributed by atoms with Gasteiger partial charge in [0, 0.05) is 43.1 Å². The van der Waals surface area contributed by atoms with Crippen LogP contribution in [0.4, 0.5) is 11.4 Å². The normalized spacial score (nSPS) is 22.6. The number of carbonyl (C=O) groups is 1. The van der Waals surface area contributed by atoms with E-state index in [0.29, 0.717) is 18.2 Å². The number of anilines is 1. The molecule has 1 aliphatic carbocycles. The number of benzene rings is 1. The Morgan fingerprint density at radius 3 is 2.88 bits per heavy atom. The van der Waals surface area contributed by atoms with Crippen molar-refractivity contribution >= 4 is 34.2 Å². The molecule has 2 aliphatic rings. The molecule has 1 amide bonds. The summed E-state index contributed by atoms with van der Waals surface area (Å²) in [5.74, 6) is 0.701. The fourth-order valence-corrected chi connectivity index (χ4v) is 4.61. The van der Waals surface area contributed by atoms with Crippen LogP contribution < -0.4 is 5.32 Å². The number of nitro groups is 1. The van der Waals surface area contributed by atoms with E-state index >= 15 is 0 Å². The Morgan fingerprint density at radius 2 is 2.15 bits per heavy atom. The second-order valence-electron chi connectivity index (χ2n) is 6.84. The second kappa shape index (κ2) is 8.53. The van der Waals surface area contributed by atoms with Gasteiger partial charge in [-0.15, -0.1) is 0 Å². The molecule has 0 radical (unpaired) electrons. The largest absolute Gasteiger partial charge is 0.350 e. The van der Waals surface area contributed by atoms with Crippen LogP contribution in [0.25, 0.3) is 0 Å². The number of hydrogen-bond donors (Lipinski definition) is 1. The third kappa shape index (κ3) is 4.75. The molecular weight excluding hydrogens is 352 g/mol. The maximum atomic E-state index is 12.3. The number of nitrogens with one attached hydrogen (secondary N) is 1. The Hall–Kier alpha value is -2.09.